The van der Waals surface area contributed by atoms with Crippen molar-refractivity contribution in [2.24, 2.45) is 21.1 Å². The van der Waals surface area contributed by atoms with Gasteiger partial charge in [-0.2, -0.15) is 9.36 Å². The summed E-state index contributed by atoms with van der Waals surface area (Å²) in [5, 5.41) is 24.5. The van der Waals surface area contributed by atoms with Crippen LogP contribution in [0.1, 0.15) is 65.9 Å². The Labute approximate surface area is 238 Å². The minimum Gasteiger partial charge on any atom is -0.505 e. The van der Waals surface area contributed by atoms with Gasteiger partial charge in [0.05, 0.1) is 11.4 Å². The first-order valence-electron chi connectivity index (χ1n) is 13.3. The molecule has 0 bridgehead atoms. The fraction of sp³-hybridized carbons (Fsp3) is 0.448. The van der Waals surface area contributed by atoms with Crippen molar-refractivity contribution in [2.75, 3.05) is 10.6 Å². The lowest BCUT2D eigenvalue weighted by Gasteiger charge is -2.44. The van der Waals surface area contributed by atoms with Crippen LogP contribution in [-0.4, -0.2) is 32.6 Å². The zero-order chi connectivity index (χ0) is 29.1. The SMILES string of the molecule is CCC(=O)Nc1cc(N=Nc2nc(-c3cccc(NC(=O)OC4CC(C)(C)CC(C)(C)C4)c3)ns2)cc(C)c1O. The van der Waals surface area contributed by atoms with Crippen molar-refractivity contribution >= 4 is 45.7 Å². The van der Waals surface area contributed by atoms with Crippen molar-refractivity contribution < 1.29 is 19.4 Å². The topological polar surface area (TPSA) is 138 Å². The summed E-state index contributed by atoms with van der Waals surface area (Å²) in [6.07, 6.45) is 2.44. The number of amides is 2. The number of carbonyl (C=O) groups excluding carboxylic acids is 2. The molecule has 0 atom stereocenters. The molecule has 1 aliphatic carbocycles. The van der Waals surface area contributed by atoms with E-state index < -0.39 is 6.09 Å². The van der Waals surface area contributed by atoms with Gasteiger partial charge < -0.3 is 15.2 Å². The van der Waals surface area contributed by atoms with Crippen molar-refractivity contribution in [3.8, 4) is 17.1 Å². The van der Waals surface area contributed by atoms with E-state index in [4.69, 9.17) is 4.74 Å². The highest BCUT2D eigenvalue weighted by Gasteiger charge is 2.40. The highest BCUT2D eigenvalue weighted by Crippen LogP contribution is 2.46. The number of phenolic OH excluding ortho intramolecular Hbond substituents is 1. The largest absolute Gasteiger partial charge is 0.505 e. The van der Waals surface area contributed by atoms with Crippen molar-refractivity contribution in [1.82, 2.24) is 9.36 Å². The predicted molar refractivity (Wildman–Crippen MR) is 157 cm³/mol. The predicted octanol–water partition coefficient (Wildman–Crippen LogP) is 8.14. The number of phenols is 1. The van der Waals surface area contributed by atoms with Gasteiger partial charge in [-0.3, -0.25) is 10.1 Å². The second kappa shape index (κ2) is 11.7. The summed E-state index contributed by atoms with van der Waals surface area (Å²) in [5.74, 6) is 0.219. The molecule has 4 rings (SSSR count). The van der Waals surface area contributed by atoms with Crippen LogP contribution in [0.3, 0.4) is 0 Å². The van der Waals surface area contributed by atoms with Crippen LogP contribution in [0.15, 0.2) is 46.6 Å². The lowest BCUT2D eigenvalue weighted by Crippen LogP contribution is -2.39. The summed E-state index contributed by atoms with van der Waals surface area (Å²) in [6, 6.07) is 10.4. The van der Waals surface area contributed by atoms with E-state index in [1.807, 2.05) is 12.1 Å². The van der Waals surface area contributed by atoms with Gasteiger partial charge in [-0.1, -0.05) is 46.8 Å². The lowest BCUT2D eigenvalue weighted by atomic mass is 9.64. The van der Waals surface area contributed by atoms with Gasteiger partial charge in [0.15, 0.2) is 5.82 Å². The van der Waals surface area contributed by atoms with E-state index in [2.05, 4.69) is 57.9 Å². The highest BCUT2D eigenvalue weighted by molar-refractivity contribution is 7.09. The van der Waals surface area contributed by atoms with Gasteiger partial charge in [0.25, 0.3) is 0 Å². The molecule has 2 amide bonds. The van der Waals surface area contributed by atoms with E-state index in [-0.39, 0.29) is 40.7 Å². The number of aromatic hydroxyl groups is 1. The van der Waals surface area contributed by atoms with Gasteiger partial charge in [0.2, 0.25) is 11.0 Å². The molecule has 0 spiro atoms. The summed E-state index contributed by atoms with van der Waals surface area (Å²) in [6.45, 7) is 12.3. The van der Waals surface area contributed by atoms with E-state index in [1.165, 1.54) is 0 Å². The van der Waals surface area contributed by atoms with Crippen LogP contribution in [0, 0.1) is 17.8 Å². The number of aromatic nitrogens is 2. The Bertz CT molecular complexity index is 1420. The average molecular weight is 565 g/mol. The van der Waals surface area contributed by atoms with Crippen LogP contribution < -0.4 is 10.6 Å². The first-order chi connectivity index (χ1) is 18.8. The molecule has 11 heteroatoms. The van der Waals surface area contributed by atoms with Gasteiger partial charge in [-0.25, -0.2) is 4.79 Å². The maximum absolute atomic E-state index is 12.7. The number of anilines is 2. The molecule has 0 saturated heterocycles. The van der Waals surface area contributed by atoms with Crippen LogP contribution >= 0.6 is 11.5 Å². The molecule has 0 unspecified atom stereocenters. The number of aryl methyl sites for hydroxylation is 1. The molecule has 2 aromatic carbocycles. The Morgan fingerprint density at radius 1 is 1.10 bits per heavy atom. The first kappa shape index (κ1) is 29.1. The summed E-state index contributed by atoms with van der Waals surface area (Å²) < 4.78 is 10.2. The summed E-state index contributed by atoms with van der Waals surface area (Å²) in [7, 11) is 0. The molecule has 1 aliphatic rings. The molecule has 212 valence electrons. The Kier molecular flexibility index (Phi) is 8.53. The quantitative estimate of drug-likeness (QED) is 0.196. The molecule has 1 aromatic heterocycles. The van der Waals surface area contributed by atoms with E-state index in [9.17, 15) is 14.7 Å². The van der Waals surface area contributed by atoms with Crippen molar-refractivity contribution in [1.29, 1.82) is 0 Å². The number of hydrogen-bond acceptors (Lipinski definition) is 9. The van der Waals surface area contributed by atoms with Gasteiger partial charge in [0, 0.05) is 29.2 Å². The minimum atomic E-state index is -0.477. The number of rotatable bonds is 7. The summed E-state index contributed by atoms with van der Waals surface area (Å²) in [5.41, 5.74) is 2.81. The number of ether oxygens (including phenoxy) is 1. The second-order valence-corrected chi connectivity index (χ2v) is 12.5. The third kappa shape index (κ3) is 7.62. The normalized spacial score (nSPS) is 16.6. The Morgan fingerprint density at radius 3 is 2.52 bits per heavy atom. The number of carbonyl (C=O) groups is 2. The molecule has 0 radical (unpaired) electrons. The monoisotopic (exact) mass is 564 g/mol. The fourth-order valence-corrected chi connectivity index (χ4v) is 6.01. The molecule has 3 aromatic rings. The second-order valence-electron chi connectivity index (χ2n) is 11.8. The molecule has 1 saturated carbocycles. The number of nitrogens with one attached hydrogen (secondary N) is 2. The van der Waals surface area contributed by atoms with Crippen LogP contribution in [0.25, 0.3) is 11.4 Å². The molecule has 1 fully saturated rings. The van der Waals surface area contributed by atoms with Gasteiger partial charge >= 0.3 is 6.09 Å². The zero-order valence-corrected chi connectivity index (χ0v) is 24.6. The van der Waals surface area contributed by atoms with Crippen molar-refractivity contribution in [2.45, 2.75) is 73.3 Å². The molecule has 40 heavy (non-hydrogen) atoms. The molecule has 1 heterocycles. The van der Waals surface area contributed by atoms with Gasteiger partial charge in [-0.15, -0.1) is 10.2 Å². The first-order valence-corrected chi connectivity index (χ1v) is 14.1. The van der Waals surface area contributed by atoms with Gasteiger partial charge in [-0.05, 0) is 66.8 Å². The Hall–Kier alpha value is -3.86. The van der Waals surface area contributed by atoms with Crippen LogP contribution in [0.2, 0.25) is 0 Å². The maximum Gasteiger partial charge on any atom is 0.411 e. The maximum atomic E-state index is 12.7. The summed E-state index contributed by atoms with van der Waals surface area (Å²) in [4.78, 5) is 28.9. The average Bonchev–Trinajstić information content (AvgIpc) is 3.33. The number of azo groups is 1. The van der Waals surface area contributed by atoms with Crippen LogP contribution in [0.4, 0.5) is 27.0 Å². The van der Waals surface area contributed by atoms with Crippen molar-refractivity contribution in [3.63, 3.8) is 0 Å². The Balaban J connectivity index is 1.42. The van der Waals surface area contributed by atoms with E-state index in [0.717, 1.165) is 30.8 Å². The molecule has 3 N–H and O–H groups in total. The van der Waals surface area contributed by atoms with E-state index in [0.29, 0.717) is 33.5 Å². The smallest absolute Gasteiger partial charge is 0.411 e. The number of nitrogens with zero attached hydrogens (tertiary/aromatic N) is 4. The fourth-order valence-electron chi connectivity index (χ4n) is 5.49. The molecule has 0 aliphatic heterocycles. The van der Waals surface area contributed by atoms with Crippen LogP contribution in [-0.2, 0) is 9.53 Å². The Morgan fingerprint density at radius 2 is 1.82 bits per heavy atom. The number of hydrogen-bond donors (Lipinski definition) is 3. The minimum absolute atomic E-state index is 0.0113. The standard InChI is InChI=1S/C29H36N6O4S/c1-7-23(36)31-22-13-20(11-17(2)24(22)37)33-34-26-32-25(35-40-26)18-9-8-10-19(12-18)30-27(38)39-21-14-28(3,4)16-29(5,6)15-21/h8-13,21,37H,7,14-16H2,1-6H3,(H,30,38)(H,31,36). The van der Waals surface area contributed by atoms with Gasteiger partial charge in [0.1, 0.15) is 11.9 Å². The summed E-state index contributed by atoms with van der Waals surface area (Å²) >= 11 is 1.08. The third-order valence-electron chi connectivity index (χ3n) is 6.71. The van der Waals surface area contributed by atoms with Crippen LogP contribution in [0.5, 0.6) is 5.75 Å². The van der Waals surface area contributed by atoms with E-state index >= 15 is 0 Å². The van der Waals surface area contributed by atoms with Crippen molar-refractivity contribution in [3.05, 3.63) is 42.0 Å². The molecular weight excluding hydrogens is 528 g/mol. The molecule has 10 nitrogen and oxygen atoms in total. The van der Waals surface area contributed by atoms with E-state index in [1.54, 1.807) is 38.1 Å². The molecular formula is C29H36N6O4S. The zero-order valence-electron chi connectivity index (χ0n) is 23.7. The number of benzene rings is 2. The highest BCUT2D eigenvalue weighted by atomic mass is 32.1. The third-order valence-corrected chi connectivity index (χ3v) is 7.31. The lowest BCUT2D eigenvalue weighted by molar-refractivity contribution is -0.115.